The lowest BCUT2D eigenvalue weighted by Crippen LogP contribution is -3.08. The van der Waals surface area contributed by atoms with Gasteiger partial charge < -0.3 is 10.2 Å². The van der Waals surface area contributed by atoms with Crippen molar-refractivity contribution in [1.29, 1.82) is 0 Å². The minimum atomic E-state index is -0.467. The molecule has 0 saturated heterocycles. The van der Waals surface area contributed by atoms with Crippen molar-refractivity contribution in [1.82, 2.24) is 0 Å². The molecule has 23 heavy (non-hydrogen) atoms. The van der Waals surface area contributed by atoms with E-state index in [0.717, 1.165) is 11.4 Å². The normalized spacial score (nSPS) is 11.7. The third kappa shape index (κ3) is 5.19. The number of hydrogen-bond donors (Lipinski definition) is 2. The van der Waals surface area contributed by atoms with Crippen molar-refractivity contribution >= 4 is 17.3 Å². The number of nitrogens with zero attached hydrogens (tertiary/aromatic N) is 1. The molecular weight excluding hydrogens is 294 g/mol. The summed E-state index contributed by atoms with van der Waals surface area (Å²) in [6.45, 7) is 3.12. The van der Waals surface area contributed by atoms with Crippen LogP contribution < -0.4 is 10.2 Å². The first-order chi connectivity index (χ1) is 10.9. The molecule has 0 aliphatic carbocycles. The molecule has 2 N–H and O–H groups in total. The summed E-state index contributed by atoms with van der Waals surface area (Å²) in [6, 6.07) is 14.0. The molecule has 120 valence electrons. The third-order valence-electron chi connectivity index (χ3n) is 3.45. The van der Waals surface area contributed by atoms with E-state index in [1.54, 1.807) is 0 Å². The van der Waals surface area contributed by atoms with Crippen LogP contribution in [0.1, 0.15) is 11.1 Å². The SMILES string of the molecule is Cc1ccc(C[NH+](C)CC(=O)Nc2ccc([N+](=O)[O-])cc2)cc1. The van der Waals surface area contributed by atoms with Crippen LogP contribution in [-0.4, -0.2) is 24.4 Å². The molecule has 0 radical (unpaired) electrons. The molecule has 6 nitrogen and oxygen atoms in total. The lowest BCUT2D eigenvalue weighted by molar-refractivity contribution is -0.885. The molecule has 2 rings (SSSR count). The highest BCUT2D eigenvalue weighted by Gasteiger charge is 2.11. The van der Waals surface area contributed by atoms with Gasteiger partial charge in [0.2, 0.25) is 0 Å². The Labute approximate surface area is 134 Å². The van der Waals surface area contributed by atoms with Crippen LogP contribution in [0.25, 0.3) is 0 Å². The lowest BCUT2D eigenvalue weighted by atomic mass is 10.1. The maximum Gasteiger partial charge on any atom is 0.279 e. The van der Waals surface area contributed by atoms with Gasteiger partial charge in [0.05, 0.1) is 12.0 Å². The number of likely N-dealkylation sites (N-methyl/N-ethyl adjacent to an activating group) is 1. The van der Waals surface area contributed by atoms with Gasteiger partial charge in [0, 0.05) is 23.4 Å². The van der Waals surface area contributed by atoms with Crippen LogP contribution in [0.3, 0.4) is 0 Å². The average molecular weight is 314 g/mol. The molecule has 1 unspecified atom stereocenters. The van der Waals surface area contributed by atoms with Gasteiger partial charge in [-0.05, 0) is 19.1 Å². The number of aryl methyl sites for hydroxylation is 1. The molecule has 0 spiro atoms. The fourth-order valence-corrected chi connectivity index (χ4v) is 2.26. The fourth-order valence-electron chi connectivity index (χ4n) is 2.26. The van der Waals surface area contributed by atoms with Crippen molar-refractivity contribution in [2.45, 2.75) is 13.5 Å². The molecule has 0 aliphatic rings. The number of carbonyl (C=O) groups is 1. The van der Waals surface area contributed by atoms with Crippen LogP contribution in [-0.2, 0) is 11.3 Å². The summed E-state index contributed by atoms with van der Waals surface area (Å²) in [6.07, 6.45) is 0. The van der Waals surface area contributed by atoms with E-state index in [-0.39, 0.29) is 11.6 Å². The van der Waals surface area contributed by atoms with Gasteiger partial charge in [0.15, 0.2) is 6.54 Å². The summed E-state index contributed by atoms with van der Waals surface area (Å²) < 4.78 is 0. The van der Waals surface area contributed by atoms with E-state index in [2.05, 4.69) is 29.6 Å². The number of non-ortho nitro benzene ring substituents is 1. The number of anilines is 1. The third-order valence-corrected chi connectivity index (χ3v) is 3.45. The fraction of sp³-hybridized carbons (Fsp3) is 0.235. The van der Waals surface area contributed by atoms with Crippen molar-refractivity contribution in [2.75, 3.05) is 18.9 Å². The summed E-state index contributed by atoms with van der Waals surface area (Å²) in [5, 5.41) is 13.3. The van der Waals surface area contributed by atoms with Crippen molar-refractivity contribution < 1.29 is 14.6 Å². The number of nitrogens with one attached hydrogen (secondary N) is 2. The number of nitro benzene ring substituents is 1. The number of quaternary nitrogens is 1. The maximum absolute atomic E-state index is 12.0. The predicted octanol–water partition coefficient (Wildman–Crippen LogP) is 1.56. The minimum absolute atomic E-state index is 0.00473. The van der Waals surface area contributed by atoms with Crippen molar-refractivity contribution in [2.24, 2.45) is 0 Å². The minimum Gasteiger partial charge on any atom is -0.326 e. The molecule has 2 aromatic carbocycles. The Kier molecular flexibility index (Phi) is 5.43. The zero-order valence-corrected chi connectivity index (χ0v) is 13.2. The summed E-state index contributed by atoms with van der Waals surface area (Å²) in [5.41, 5.74) is 2.95. The van der Waals surface area contributed by atoms with Crippen LogP contribution in [0.5, 0.6) is 0 Å². The largest absolute Gasteiger partial charge is 0.326 e. The van der Waals surface area contributed by atoms with Gasteiger partial charge in [0.25, 0.3) is 11.6 Å². The number of nitro groups is 1. The standard InChI is InChI=1S/C17H19N3O3/c1-13-3-5-14(6-4-13)11-19(2)12-17(21)18-15-7-9-16(10-8-15)20(22)23/h3-10H,11-12H2,1-2H3,(H,18,21)/p+1. The Morgan fingerprint density at radius 1 is 1.13 bits per heavy atom. The molecule has 0 saturated carbocycles. The van der Waals surface area contributed by atoms with Gasteiger partial charge >= 0.3 is 0 Å². The van der Waals surface area contributed by atoms with E-state index >= 15 is 0 Å². The van der Waals surface area contributed by atoms with E-state index < -0.39 is 4.92 Å². The molecular formula is C17H20N3O3+. The summed E-state index contributed by atoms with van der Waals surface area (Å²) in [4.78, 5) is 23.2. The number of amides is 1. The Balaban J connectivity index is 1.86. The smallest absolute Gasteiger partial charge is 0.279 e. The Bertz CT molecular complexity index is 681. The number of benzene rings is 2. The van der Waals surface area contributed by atoms with Gasteiger partial charge in [-0.25, -0.2) is 0 Å². The zero-order valence-electron chi connectivity index (χ0n) is 13.2. The van der Waals surface area contributed by atoms with Gasteiger partial charge in [-0.2, -0.15) is 0 Å². The Morgan fingerprint density at radius 3 is 2.30 bits per heavy atom. The lowest BCUT2D eigenvalue weighted by Gasteiger charge is -2.14. The van der Waals surface area contributed by atoms with Crippen LogP contribution in [0.2, 0.25) is 0 Å². The first-order valence-corrected chi connectivity index (χ1v) is 7.35. The molecule has 0 heterocycles. The van der Waals surface area contributed by atoms with Crippen LogP contribution in [0.15, 0.2) is 48.5 Å². The Morgan fingerprint density at radius 2 is 1.74 bits per heavy atom. The number of rotatable bonds is 6. The topological polar surface area (TPSA) is 76.7 Å². The van der Waals surface area contributed by atoms with Gasteiger partial charge in [-0.3, -0.25) is 14.9 Å². The monoisotopic (exact) mass is 314 g/mol. The molecule has 0 aliphatic heterocycles. The molecule has 1 amide bonds. The zero-order chi connectivity index (χ0) is 16.8. The van der Waals surface area contributed by atoms with Gasteiger partial charge in [-0.15, -0.1) is 0 Å². The summed E-state index contributed by atoms with van der Waals surface area (Å²) in [7, 11) is 1.95. The first-order valence-electron chi connectivity index (χ1n) is 7.35. The highest BCUT2D eigenvalue weighted by Crippen LogP contribution is 2.14. The van der Waals surface area contributed by atoms with Crippen molar-refractivity contribution in [3.8, 4) is 0 Å². The van der Waals surface area contributed by atoms with E-state index in [9.17, 15) is 14.9 Å². The van der Waals surface area contributed by atoms with Crippen LogP contribution in [0.4, 0.5) is 11.4 Å². The molecule has 2 aromatic rings. The van der Waals surface area contributed by atoms with E-state index in [1.165, 1.54) is 35.4 Å². The Hall–Kier alpha value is -2.73. The maximum atomic E-state index is 12.0. The van der Waals surface area contributed by atoms with E-state index in [1.807, 2.05) is 14.0 Å². The van der Waals surface area contributed by atoms with Gasteiger partial charge in [-0.1, -0.05) is 29.8 Å². The molecule has 1 atom stereocenters. The van der Waals surface area contributed by atoms with Crippen molar-refractivity contribution in [3.05, 3.63) is 69.8 Å². The second kappa shape index (κ2) is 7.51. The summed E-state index contributed by atoms with van der Waals surface area (Å²) in [5.74, 6) is -0.122. The predicted molar refractivity (Wildman–Crippen MR) is 88.4 cm³/mol. The van der Waals surface area contributed by atoms with E-state index in [4.69, 9.17) is 0 Å². The molecule has 6 heteroatoms. The molecule has 0 fully saturated rings. The molecule has 0 bridgehead atoms. The van der Waals surface area contributed by atoms with Crippen LogP contribution in [0, 0.1) is 17.0 Å². The molecule has 0 aromatic heterocycles. The number of hydrogen-bond acceptors (Lipinski definition) is 3. The highest BCUT2D eigenvalue weighted by molar-refractivity contribution is 5.91. The average Bonchev–Trinajstić information content (AvgIpc) is 2.50. The quantitative estimate of drug-likeness (QED) is 0.627. The summed E-state index contributed by atoms with van der Waals surface area (Å²) >= 11 is 0. The first kappa shape index (κ1) is 16.6. The second-order valence-electron chi connectivity index (χ2n) is 5.65. The van der Waals surface area contributed by atoms with Gasteiger partial charge in [0.1, 0.15) is 6.54 Å². The number of carbonyl (C=O) groups excluding carboxylic acids is 1. The van der Waals surface area contributed by atoms with Crippen molar-refractivity contribution in [3.63, 3.8) is 0 Å². The van der Waals surface area contributed by atoms with Crippen LogP contribution >= 0.6 is 0 Å². The highest BCUT2D eigenvalue weighted by atomic mass is 16.6. The van der Waals surface area contributed by atoms with E-state index in [0.29, 0.717) is 12.2 Å². The second-order valence-corrected chi connectivity index (χ2v) is 5.65.